The molecule has 2 aliphatic carbocycles. The molecule has 1 spiro atoms. The van der Waals surface area contributed by atoms with E-state index in [1.165, 1.54) is 12.1 Å². The Labute approximate surface area is 173 Å². The lowest BCUT2D eigenvalue weighted by Crippen LogP contribution is -2.54. The lowest BCUT2D eigenvalue weighted by Gasteiger charge is -2.54. The van der Waals surface area contributed by atoms with E-state index in [4.69, 9.17) is 0 Å². The summed E-state index contributed by atoms with van der Waals surface area (Å²) >= 11 is 0. The van der Waals surface area contributed by atoms with Gasteiger partial charge in [0.1, 0.15) is 11.6 Å². The zero-order chi connectivity index (χ0) is 21.4. The molecule has 0 aliphatic heterocycles. The first-order chi connectivity index (χ1) is 14.2. The van der Waals surface area contributed by atoms with Crippen LogP contribution < -0.4 is 0 Å². The maximum Gasteiger partial charge on any atom is 0.306 e. The normalized spacial score (nSPS) is 27.1. The Hall–Kier alpha value is -2.86. The summed E-state index contributed by atoms with van der Waals surface area (Å²) in [7, 11) is 0. The summed E-state index contributed by atoms with van der Waals surface area (Å²) < 4.78 is 15.6. The highest BCUT2D eigenvalue weighted by atomic mass is 19.1. The fraction of sp³-hybridized carbons (Fsp3) is 0.375. The predicted octanol–water partition coefficient (Wildman–Crippen LogP) is 4.25. The predicted molar refractivity (Wildman–Crippen MR) is 111 cm³/mol. The maximum atomic E-state index is 13.6. The van der Waals surface area contributed by atoms with E-state index in [1.54, 1.807) is 24.3 Å². The highest BCUT2D eigenvalue weighted by molar-refractivity contribution is 5.95. The number of carboxylic acids is 1. The van der Waals surface area contributed by atoms with Crippen LogP contribution in [-0.2, 0) is 15.6 Å². The van der Waals surface area contributed by atoms with Crippen molar-refractivity contribution in [2.24, 2.45) is 5.92 Å². The molecular formula is C24H24FNO4. The number of aliphatic hydroxyl groups excluding tert-OH is 1. The molecule has 3 aromatic rings. The molecule has 0 bridgehead atoms. The minimum absolute atomic E-state index is 0.134. The number of aliphatic hydroxyl groups is 1. The zero-order valence-corrected chi connectivity index (χ0v) is 16.9. The van der Waals surface area contributed by atoms with Gasteiger partial charge in [-0.05, 0) is 61.2 Å². The van der Waals surface area contributed by atoms with E-state index < -0.39 is 28.8 Å². The molecule has 2 aliphatic rings. The van der Waals surface area contributed by atoms with Crippen LogP contribution in [0, 0.1) is 11.7 Å². The van der Waals surface area contributed by atoms with Crippen molar-refractivity contribution in [1.29, 1.82) is 0 Å². The van der Waals surface area contributed by atoms with Gasteiger partial charge in [0.2, 0.25) is 0 Å². The molecule has 0 saturated heterocycles. The van der Waals surface area contributed by atoms with Crippen LogP contribution in [0.3, 0.4) is 0 Å². The second-order valence-corrected chi connectivity index (χ2v) is 9.37. The molecule has 5 nitrogen and oxygen atoms in total. The Morgan fingerprint density at radius 1 is 1.10 bits per heavy atom. The first-order valence-electron chi connectivity index (χ1n) is 10.2. The standard InChI is InChI=1S/C24H24FNO4/c1-23(2)18(28)12-24(10-13(11-24)22(29)30)20-19-16(4-3-5-17(19)27)26(21(20)23)15-8-6-14(25)7-9-15/h3-9,13,18,27-28H,10-12H2,1-2H3,(H,29,30). The van der Waals surface area contributed by atoms with Gasteiger partial charge in [-0.2, -0.15) is 0 Å². The van der Waals surface area contributed by atoms with Gasteiger partial charge in [0.05, 0.1) is 17.5 Å². The monoisotopic (exact) mass is 409 g/mol. The summed E-state index contributed by atoms with van der Waals surface area (Å²) in [6.07, 6.45) is 0.636. The van der Waals surface area contributed by atoms with Crippen molar-refractivity contribution in [1.82, 2.24) is 4.57 Å². The van der Waals surface area contributed by atoms with Crippen LogP contribution in [0.1, 0.15) is 44.4 Å². The number of benzene rings is 2. The van der Waals surface area contributed by atoms with Gasteiger partial charge < -0.3 is 19.9 Å². The highest BCUT2D eigenvalue weighted by Crippen LogP contribution is 2.61. The number of hydrogen-bond acceptors (Lipinski definition) is 3. The van der Waals surface area contributed by atoms with Gasteiger partial charge in [0, 0.05) is 27.6 Å². The SMILES string of the molecule is CC1(C)c2c(c3c(O)cccc3n2-c2ccc(F)cc2)C2(CC(C(=O)O)C2)CC1O. The largest absolute Gasteiger partial charge is 0.507 e. The number of fused-ring (bicyclic) bond motifs is 4. The number of phenols is 1. The molecule has 3 N–H and O–H groups in total. The van der Waals surface area contributed by atoms with Gasteiger partial charge in [0.25, 0.3) is 0 Å². The van der Waals surface area contributed by atoms with E-state index in [0.717, 1.165) is 22.5 Å². The van der Waals surface area contributed by atoms with E-state index >= 15 is 0 Å². The summed E-state index contributed by atoms with van der Waals surface area (Å²) in [5.41, 5.74) is 2.14. The fourth-order valence-corrected chi connectivity index (χ4v) is 5.62. The number of carboxylic acid groups (broad SMARTS) is 1. The highest BCUT2D eigenvalue weighted by Gasteiger charge is 2.58. The van der Waals surface area contributed by atoms with Crippen molar-refractivity contribution < 1.29 is 24.5 Å². The molecule has 1 saturated carbocycles. The van der Waals surface area contributed by atoms with Crippen molar-refractivity contribution in [3.63, 3.8) is 0 Å². The van der Waals surface area contributed by atoms with E-state index in [9.17, 15) is 24.5 Å². The van der Waals surface area contributed by atoms with Crippen molar-refractivity contribution in [2.75, 3.05) is 0 Å². The van der Waals surface area contributed by atoms with Crippen LogP contribution in [0.15, 0.2) is 42.5 Å². The number of nitrogens with zero attached hydrogens (tertiary/aromatic N) is 1. The van der Waals surface area contributed by atoms with Gasteiger partial charge in [-0.15, -0.1) is 0 Å². The summed E-state index contributed by atoms with van der Waals surface area (Å²) in [6, 6.07) is 11.5. The molecule has 1 unspecified atom stereocenters. The van der Waals surface area contributed by atoms with Crippen LogP contribution in [0.25, 0.3) is 16.6 Å². The van der Waals surface area contributed by atoms with E-state index in [2.05, 4.69) is 0 Å². The van der Waals surface area contributed by atoms with Crippen molar-refractivity contribution in [3.05, 3.63) is 59.5 Å². The fourth-order valence-electron chi connectivity index (χ4n) is 5.62. The first-order valence-corrected chi connectivity index (χ1v) is 10.2. The molecule has 6 heteroatoms. The third-order valence-electron chi connectivity index (χ3n) is 7.24. The molecule has 30 heavy (non-hydrogen) atoms. The number of carbonyl (C=O) groups is 1. The Kier molecular flexibility index (Phi) is 3.87. The number of hydrogen-bond donors (Lipinski definition) is 3. The first kappa shape index (κ1) is 19.1. The van der Waals surface area contributed by atoms with E-state index in [1.807, 2.05) is 24.5 Å². The number of aromatic hydroxyl groups is 1. The topological polar surface area (TPSA) is 82.7 Å². The number of rotatable bonds is 2. The molecule has 1 aromatic heterocycles. The molecule has 1 heterocycles. The molecule has 1 atom stereocenters. The summed E-state index contributed by atoms with van der Waals surface area (Å²) in [5, 5.41) is 32.2. The average molecular weight is 409 g/mol. The summed E-state index contributed by atoms with van der Waals surface area (Å²) in [5.74, 6) is -1.49. The van der Waals surface area contributed by atoms with Crippen LogP contribution in [0.5, 0.6) is 5.75 Å². The van der Waals surface area contributed by atoms with Crippen molar-refractivity contribution in [2.45, 2.75) is 50.0 Å². The average Bonchev–Trinajstić information content (AvgIpc) is 3.01. The van der Waals surface area contributed by atoms with Gasteiger partial charge in [-0.1, -0.05) is 19.9 Å². The number of aromatic nitrogens is 1. The number of aliphatic carboxylic acids is 1. The number of phenolic OH excluding ortho intramolecular Hbond substituents is 1. The molecule has 2 aromatic carbocycles. The Morgan fingerprint density at radius 3 is 2.40 bits per heavy atom. The lowest BCUT2D eigenvalue weighted by molar-refractivity contribution is -0.148. The Morgan fingerprint density at radius 2 is 1.77 bits per heavy atom. The van der Waals surface area contributed by atoms with E-state index in [-0.39, 0.29) is 11.6 Å². The van der Waals surface area contributed by atoms with Crippen LogP contribution in [-0.4, -0.2) is 32.0 Å². The van der Waals surface area contributed by atoms with Crippen LogP contribution in [0.4, 0.5) is 4.39 Å². The van der Waals surface area contributed by atoms with E-state index in [0.29, 0.717) is 24.6 Å². The third-order valence-corrected chi connectivity index (χ3v) is 7.24. The minimum atomic E-state index is -0.826. The zero-order valence-electron chi connectivity index (χ0n) is 16.9. The molecular weight excluding hydrogens is 385 g/mol. The van der Waals surface area contributed by atoms with Crippen LogP contribution in [0.2, 0.25) is 0 Å². The quantitative estimate of drug-likeness (QED) is 0.591. The van der Waals surface area contributed by atoms with Gasteiger partial charge in [-0.3, -0.25) is 4.79 Å². The molecule has 5 rings (SSSR count). The minimum Gasteiger partial charge on any atom is -0.507 e. The molecule has 0 amide bonds. The second-order valence-electron chi connectivity index (χ2n) is 9.37. The Bertz CT molecular complexity index is 1170. The van der Waals surface area contributed by atoms with Crippen molar-refractivity contribution in [3.8, 4) is 11.4 Å². The Balaban J connectivity index is 1.88. The lowest BCUT2D eigenvalue weighted by atomic mass is 9.50. The second kappa shape index (κ2) is 6.08. The third kappa shape index (κ3) is 2.40. The smallest absolute Gasteiger partial charge is 0.306 e. The maximum absolute atomic E-state index is 13.6. The number of halogens is 1. The van der Waals surface area contributed by atoms with Gasteiger partial charge in [-0.25, -0.2) is 4.39 Å². The summed E-state index contributed by atoms with van der Waals surface area (Å²) in [4.78, 5) is 11.6. The molecule has 0 radical (unpaired) electrons. The van der Waals surface area contributed by atoms with Gasteiger partial charge in [0.15, 0.2) is 0 Å². The summed E-state index contributed by atoms with van der Waals surface area (Å²) in [6.45, 7) is 3.93. The molecule has 1 fully saturated rings. The molecule has 156 valence electrons. The van der Waals surface area contributed by atoms with Gasteiger partial charge >= 0.3 is 5.97 Å². The van der Waals surface area contributed by atoms with Crippen LogP contribution >= 0.6 is 0 Å². The van der Waals surface area contributed by atoms with Crippen molar-refractivity contribution >= 4 is 16.9 Å².